The van der Waals surface area contributed by atoms with Crippen molar-refractivity contribution < 1.29 is 0 Å². The van der Waals surface area contributed by atoms with Crippen molar-refractivity contribution in [3.8, 4) is 0 Å². The number of hydrogen-bond donors (Lipinski definition) is 2. The molecule has 0 aliphatic carbocycles. The Hall–Kier alpha value is -0.820. The number of aromatic nitrogens is 2. The zero-order valence-corrected chi connectivity index (χ0v) is 12.3. The summed E-state index contributed by atoms with van der Waals surface area (Å²) in [6.45, 7) is 5.67. The lowest BCUT2D eigenvalue weighted by Crippen LogP contribution is -2.13. The topological polar surface area (TPSA) is 63.8 Å². The Balaban J connectivity index is 1.80. The molecule has 1 unspecified atom stereocenters. The summed E-state index contributed by atoms with van der Waals surface area (Å²) < 4.78 is 0. The smallest absolute Gasteiger partial charge is 0.109 e. The largest absolute Gasteiger partial charge is 0.322 e. The number of rotatable bonds is 6. The molecule has 0 fully saturated rings. The molecule has 6 heteroatoms. The van der Waals surface area contributed by atoms with Crippen LogP contribution >= 0.6 is 22.7 Å². The van der Waals surface area contributed by atoms with Crippen LogP contribution in [0.2, 0.25) is 0 Å². The second kappa shape index (κ2) is 6.38. The molecule has 3 N–H and O–H groups in total. The van der Waals surface area contributed by atoms with Crippen molar-refractivity contribution in [2.45, 2.75) is 39.4 Å². The van der Waals surface area contributed by atoms with Crippen molar-refractivity contribution in [1.29, 1.82) is 0 Å². The maximum atomic E-state index is 5.78. The zero-order valence-electron chi connectivity index (χ0n) is 10.6. The summed E-state index contributed by atoms with van der Waals surface area (Å²) in [6.07, 6.45) is 3.01. The predicted octanol–water partition coefficient (Wildman–Crippen LogP) is 2.47. The van der Waals surface area contributed by atoms with Crippen molar-refractivity contribution >= 4 is 22.7 Å². The van der Waals surface area contributed by atoms with Crippen LogP contribution in [0.5, 0.6) is 0 Å². The van der Waals surface area contributed by atoms with Crippen LogP contribution in [0, 0.1) is 0 Å². The van der Waals surface area contributed by atoms with E-state index in [0.29, 0.717) is 0 Å². The van der Waals surface area contributed by atoms with Crippen LogP contribution < -0.4 is 11.1 Å². The van der Waals surface area contributed by atoms with Crippen molar-refractivity contribution in [3.63, 3.8) is 0 Å². The van der Waals surface area contributed by atoms with E-state index in [2.05, 4.69) is 27.6 Å². The fraction of sp³-hybridized carbons (Fsp3) is 0.500. The molecule has 98 valence electrons. The number of nitrogens with zero attached hydrogens (tertiary/aromatic N) is 2. The van der Waals surface area contributed by atoms with Gasteiger partial charge in [0.05, 0.1) is 11.7 Å². The molecule has 0 bridgehead atoms. The third kappa shape index (κ3) is 3.58. The molecule has 1 atom stereocenters. The minimum absolute atomic E-state index is 0.0230. The first-order valence-corrected chi connectivity index (χ1v) is 7.72. The van der Waals surface area contributed by atoms with E-state index < -0.39 is 0 Å². The van der Waals surface area contributed by atoms with E-state index in [9.17, 15) is 0 Å². The van der Waals surface area contributed by atoms with E-state index in [4.69, 9.17) is 5.73 Å². The second-order valence-electron chi connectivity index (χ2n) is 4.14. The quantitative estimate of drug-likeness (QED) is 0.854. The Labute approximate surface area is 115 Å². The van der Waals surface area contributed by atoms with E-state index in [-0.39, 0.29) is 6.04 Å². The van der Waals surface area contributed by atoms with Gasteiger partial charge in [-0.15, -0.1) is 22.7 Å². The van der Waals surface area contributed by atoms with Gasteiger partial charge in [0.25, 0.3) is 0 Å². The molecule has 2 heterocycles. The van der Waals surface area contributed by atoms with Crippen LogP contribution in [-0.2, 0) is 19.5 Å². The summed E-state index contributed by atoms with van der Waals surface area (Å²) in [5.41, 5.74) is 6.84. The molecule has 0 amide bonds. The highest BCUT2D eigenvalue weighted by Crippen LogP contribution is 2.16. The average molecular weight is 282 g/mol. The van der Waals surface area contributed by atoms with Crippen molar-refractivity contribution in [2.75, 3.05) is 0 Å². The Morgan fingerprint density at radius 1 is 1.44 bits per heavy atom. The number of hydrogen-bond acceptors (Lipinski definition) is 6. The third-order valence-corrected chi connectivity index (χ3v) is 4.73. The summed E-state index contributed by atoms with van der Waals surface area (Å²) in [5.74, 6) is 0. The van der Waals surface area contributed by atoms with Gasteiger partial charge in [0, 0.05) is 29.5 Å². The van der Waals surface area contributed by atoms with Crippen LogP contribution in [0.1, 0.15) is 40.5 Å². The molecule has 0 saturated heterocycles. The van der Waals surface area contributed by atoms with Crippen molar-refractivity contribution in [3.05, 3.63) is 32.2 Å². The Bertz CT molecular complexity index is 490. The average Bonchev–Trinajstić information content (AvgIpc) is 2.97. The van der Waals surface area contributed by atoms with E-state index in [1.54, 1.807) is 22.7 Å². The van der Waals surface area contributed by atoms with Gasteiger partial charge >= 0.3 is 0 Å². The van der Waals surface area contributed by atoms with Gasteiger partial charge < -0.3 is 11.1 Å². The number of nitrogens with one attached hydrogen (secondary N) is 1. The first-order chi connectivity index (χ1) is 8.69. The molecular formula is C12H18N4S2. The minimum atomic E-state index is 0.0230. The number of thiazole rings is 2. The first kappa shape index (κ1) is 13.6. The molecule has 4 nitrogen and oxygen atoms in total. The monoisotopic (exact) mass is 282 g/mol. The zero-order chi connectivity index (χ0) is 13.0. The highest BCUT2D eigenvalue weighted by atomic mass is 32.1. The standard InChI is InChI=1S/C12H18N4S2/c1-3-10-5-15-11(18-10)6-14-4-9-7-17-12(16-9)8(2)13/h5,7-8,14H,3-4,6,13H2,1-2H3. The van der Waals surface area contributed by atoms with Gasteiger partial charge in [-0.1, -0.05) is 6.92 Å². The van der Waals surface area contributed by atoms with Gasteiger partial charge in [-0.25, -0.2) is 9.97 Å². The number of nitrogens with two attached hydrogens (primary N) is 1. The number of aryl methyl sites for hydroxylation is 1. The third-order valence-electron chi connectivity index (χ3n) is 2.49. The Morgan fingerprint density at radius 3 is 2.89 bits per heavy atom. The molecule has 0 spiro atoms. The van der Waals surface area contributed by atoms with E-state index >= 15 is 0 Å². The van der Waals surface area contributed by atoms with Gasteiger partial charge in [-0.2, -0.15) is 0 Å². The summed E-state index contributed by atoms with van der Waals surface area (Å²) in [4.78, 5) is 10.2. The SMILES string of the molecule is CCc1cnc(CNCc2csc(C(C)N)n2)s1. The first-order valence-electron chi connectivity index (χ1n) is 6.03. The molecule has 0 saturated carbocycles. The maximum absolute atomic E-state index is 5.78. The normalized spacial score (nSPS) is 12.8. The lowest BCUT2D eigenvalue weighted by Gasteiger charge is -2.00. The van der Waals surface area contributed by atoms with Crippen molar-refractivity contribution in [1.82, 2.24) is 15.3 Å². The lowest BCUT2D eigenvalue weighted by atomic mass is 10.4. The molecule has 2 aromatic rings. The molecule has 2 rings (SSSR count). The van der Waals surface area contributed by atoms with Gasteiger partial charge in [0.2, 0.25) is 0 Å². The Morgan fingerprint density at radius 2 is 2.28 bits per heavy atom. The molecule has 0 aliphatic rings. The van der Waals surface area contributed by atoms with Crippen LogP contribution in [-0.4, -0.2) is 9.97 Å². The Kier molecular flexibility index (Phi) is 4.82. The molecule has 0 aromatic carbocycles. The minimum Gasteiger partial charge on any atom is -0.322 e. The van der Waals surface area contributed by atoms with E-state index in [1.807, 2.05) is 13.1 Å². The van der Waals surface area contributed by atoms with Gasteiger partial charge in [0.1, 0.15) is 10.0 Å². The predicted molar refractivity (Wildman–Crippen MR) is 76.8 cm³/mol. The summed E-state index contributed by atoms with van der Waals surface area (Å²) in [7, 11) is 0. The van der Waals surface area contributed by atoms with Gasteiger partial charge in [-0.05, 0) is 13.3 Å². The van der Waals surface area contributed by atoms with Crippen LogP contribution in [0.4, 0.5) is 0 Å². The molecule has 2 aromatic heterocycles. The lowest BCUT2D eigenvalue weighted by molar-refractivity contribution is 0.674. The molecule has 18 heavy (non-hydrogen) atoms. The highest BCUT2D eigenvalue weighted by Gasteiger charge is 2.06. The van der Waals surface area contributed by atoms with Crippen molar-refractivity contribution in [2.24, 2.45) is 5.73 Å². The van der Waals surface area contributed by atoms with Crippen LogP contribution in [0.25, 0.3) is 0 Å². The fourth-order valence-electron chi connectivity index (χ4n) is 1.50. The van der Waals surface area contributed by atoms with Crippen LogP contribution in [0.3, 0.4) is 0 Å². The molecule has 0 aliphatic heterocycles. The van der Waals surface area contributed by atoms with E-state index in [1.165, 1.54) is 4.88 Å². The molecule has 0 radical (unpaired) electrons. The summed E-state index contributed by atoms with van der Waals surface area (Å²) in [6, 6.07) is 0.0230. The summed E-state index contributed by atoms with van der Waals surface area (Å²) >= 11 is 3.39. The fourth-order valence-corrected chi connectivity index (χ4v) is 3.11. The maximum Gasteiger partial charge on any atom is 0.109 e. The molecular weight excluding hydrogens is 264 g/mol. The van der Waals surface area contributed by atoms with Gasteiger partial charge in [0.15, 0.2) is 0 Å². The highest BCUT2D eigenvalue weighted by molar-refractivity contribution is 7.11. The summed E-state index contributed by atoms with van der Waals surface area (Å²) in [5, 5.41) is 7.55. The van der Waals surface area contributed by atoms with Crippen LogP contribution in [0.15, 0.2) is 11.6 Å². The van der Waals surface area contributed by atoms with E-state index in [0.717, 1.165) is 35.2 Å². The van der Waals surface area contributed by atoms with Gasteiger partial charge in [-0.3, -0.25) is 0 Å². The second-order valence-corrected chi connectivity index (χ2v) is 6.23.